The van der Waals surface area contributed by atoms with Crippen molar-refractivity contribution in [3.8, 4) is 0 Å². The second kappa shape index (κ2) is 3.04. The highest BCUT2D eigenvalue weighted by Crippen LogP contribution is 2.15. The van der Waals surface area contributed by atoms with Crippen LogP contribution in [0.1, 0.15) is 30.5 Å². The summed E-state index contributed by atoms with van der Waals surface area (Å²) < 4.78 is 0. The first kappa shape index (κ1) is 6.84. The van der Waals surface area contributed by atoms with Crippen LogP contribution < -0.4 is 4.98 Å². The van der Waals surface area contributed by atoms with Gasteiger partial charge in [-0.3, -0.25) is 0 Å². The molecule has 0 aliphatic heterocycles. The molecule has 1 N–H and O–H groups in total. The van der Waals surface area contributed by atoms with Gasteiger partial charge in [0.25, 0.3) is 0 Å². The van der Waals surface area contributed by atoms with E-state index in [4.69, 9.17) is 0 Å². The SMILES string of the molecule is c1c[nH+]c2c(c1)CCCCC2. The number of aromatic amines is 1. The van der Waals surface area contributed by atoms with Crippen molar-refractivity contribution >= 4 is 0 Å². The second-order valence-corrected chi connectivity index (χ2v) is 3.23. The molecule has 0 radical (unpaired) electrons. The zero-order valence-electron chi connectivity index (χ0n) is 6.77. The highest BCUT2D eigenvalue weighted by molar-refractivity contribution is 5.16. The molecule has 11 heavy (non-hydrogen) atoms. The Morgan fingerprint density at radius 3 is 3.00 bits per heavy atom. The monoisotopic (exact) mass is 148 g/mol. The van der Waals surface area contributed by atoms with Gasteiger partial charge in [-0.2, -0.15) is 0 Å². The molecule has 0 aromatic carbocycles. The van der Waals surface area contributed by atoms with Gasteiger partial charge in [-0.25, -0.2) is 4.98 Å². The van der Waals surface area contributed by atoms with Crippen LogP contribution in [0, 0.1) is 0 Å². The maximum Gasteiger partial charge on any atom is 0.182 e. The molecule has 1 aliphatic carbocycles. The van der Waals surface area contributed by atoms with Crippen LogP contribution in [0.4, 0.5) is 0 Å². The Hall–Kier alpha value is -0.850. The third kappa shape index (κ3) is 1.42. The van der Waals surface area contributed by atoms with E-state index < -0.39 is 0 Å². The molecular weight excluding hydrogens is 134 g/mol. The first-order valence-corrected chi connectivity index (χ1v) is 4.45. The van der Waals surface area contributed by atoms with E-state index in [9.17, 15) is 0 Å². The summed E-state index contributed by atoms with van der Waals surface area (Å²) in [5.74, 6) is 0. The van der Waals surface area contributed by atoms with Gasteiger partial charge in [0.05, 0.1) is 0 Å². The Balaban J connectivity index is 2.33. The lowest BCUT2D eigenvalue weighted by atomic mass is 10.1. The summed E-state index contributed by atoms with van der Waals surface area (Å²) in [7, 11) is 0. The fraction of sp³-hybridized carbons (Fsp3) is 0.500. The topological polar surface area (TPSA) is 14.1 Å². The average Bonchev–Trinajstić information content (AvgIpc) is 2.28. The molecule has 2 rings (SSSR count). The van der Waals surface area contributed by atoms with Gasteiger partial charge in [-0.15, -0.1) is 0 Å². The van der Waals surface area contributed by atoms with Gasteiger partial charge in [0.15, 0.2) is 11.9 Å². The predicted molar refractivity (Wildman–Crippen MR) is 44.3 cm³/mol. The molecule has 0 fully saturated rings. The maximum atomic E-state index is 3.33. The Morgan fingerprint density at radius 1 is 1.09 bits per heavy atom. The quantitative estimate of drug-likeness (QED) is 0.498. The van der Waals surface area contributed by atoms with Gasteiger partial charge in [0.1, 0.15) is 0 Å². The van der Waals surface area contributed by atoms with Crippen molar-refractivity contribution in [3.63, 3.8) is 0 Å². The number of hydrogen-bond acceptors (Lipinski definition) is 0. The van der Waals surface area contributed by atoms with E-state index in [0.717, 1.165) is 0 Å². The van der Waals surface area contributed by atoms with Crippen molar-refractivity contribution < 1.29 is 4.98 Å². The third-order valence-electron chi connectivity index (χ3n) is 2.41. The van der Waals surface area contributed by atoms with Gasteiger partial charge in [-0.05, 0) is 25.3 Å². The molecule has 0 unspecified atom stereocenters. The summed E-state index contributed by atoms with van der Waals surface area (Å²) in [6.45, 7) is 0. The summed E-state index contributed by atoms with van der Waals surface area (Å²) in [6.07, 6.45) is 8.66. The molecule has 0 saturated carbocycles. The lowest BCUT2D eigenvalue weighted by molar-refractivity contribution is -0.390. The van der Waals surface area contributed by atoms with Gasteiger partial charge >= 0.3 is 0 Å². The van der Waals surface area contributed by atoms with Gasteiger partial charge in [0.2, 0.25) is 0 Å². The lowest BCUT2D eigenvalue weighted by Gasteiger charge is -1.95. The normalized spacial score (nSPS) is 17.1. The summed E-state index contributed by atoms with van der Waals surface area (Å²) in [5, 5.41) is 0. The minimum atomic E-state index is 1.25. The fourth-order valence-corrected chi connectivity index (χ4v) is 1.77. The first-order chi connectivity index (χ1) is 5.47. The molecule has 1 heterocycles. The summed E-state index contributed by atoms with van der Waals surface area (Å²) in [6, 6.07) is 4.35. The molecule has 1 heteroatoms. The van der Waals surface area contributed by atoms with Crippen LogP contribution in [0.15, 0.2) is 18.3 Å². The number of nitrogens with one attached hydrogen (secondary N) is 1. The van der Waals surface area contributed by atoms with Crippen molar-refractivity contribution in [2.24, 2.45) is 0 Å². The van der Waals surface area contributed by atoms with Crippen LogP contribution >= 0.6 is 0 Å². The number of hydrogen-bond donors (Lipinski definition) is 0. The van der Waals surface area contributed by atoms with Crippen LogP contribution in [-0.4, -0.2) is 0 Å². The van der Waals surface area contributed by atoms with Crippen LogP contribution in [0.25, 0.3) is 0 Å². The number of fused-ring (bicyclic) bond motifs is 1. The largest absolute Gasteiger partial charge is 0.215 e. The van der Waals surface area contributed by atoms with E-state index in [0.29, 0.717) is 0 Å². The lowest BCUT2D eigenvalue weighted by Crippen LogP contribution is -2.11. The van der Waals surface area contributed by atoms with Crippen LogP contribution in [0.3, 0.4) is 0 Å². The number of pyridine rings is 1. The molecule has 1 aliphatic rings. The van der Waals surface area contributed by atoms with Crippen molar-refractivity contribution in [2.45, 2.75) is 32.1 Å². The first-order valence-electron chi connectivity index (χ1n) is 4.45. The molecule has 58 valence electrons. The minimum absolute atomic E-state index is 1.25. The molecule has 0 amide bonds. The fourth-order valence-electron chi connectivity index (χ4n) is 1.77. The maximum absolute atomic E-state index is 3.33. The summed E-state index contributed by atoms with van der Waals surface area (Å²) in [5.41, 5.74) is 3.00. The van der Waals surface area contributed by atoms with Gasteiger partial charge < -0.3 is 0 Å². The number of H-pyrrole nitrogens is 1. The van der Waals surface area contributed by atoms with E-state index in [-0.39, 0.29) is 0 Å². The standard InChI is InChI=1S/C10H13N/c1-2-5-9-6-4-8-11-10(9)7-3-1/h4,6,8H,1-3,5,7H2/p+1. The van der Waals surface area contributed by atoms with Crippen LogP contribution in [0.5, 0.6) is 0 Å². The number of rotatable bonds is 0. The summed E-state index contributed by atoms with van der Waals surface area (Å²) in [4.78, 5) is 3.33. The Morgan fingerprint density at radius 2 is 2.00 bits per heavy atom. The van der Waals surface area contributed by atoms with E-state index in [1.165, 1.54) is 43.4 Å². The molecule has 1 aromatic rings. The van der Waals surface area contributed by atoms with Gasteiger partial charge in [-0.1, -0.05) is 6.42 Å². The van der Waals surface area contributed by atoms with Crippen molar-refractivity contribution in [1.29, 1.82) is 0 Å². The average molecular weight is 148 g/mol. The molecule has 1 aromatic heterocycles. The number of aryl methyl sites for hydroxylation is 2. The van der Waals surface area contributed by atoms with Crippen molar-refractivity contribution in [1.82, 2.24) is 0 Å². The summed E-state index contributed by atoms with van der Waals surface area (Å²) >= 11 is 0. The molecular formula is C10H14N+. The van der Waals surface area contributed by atoms with Crippen LogP contribution in [-0.2, 0) is 12.8 Å². The molecule has 1 nitrogen and oxygen atoms in total. The van der Waals surface area contributed by atoms with E-state index >= 15 is 0 Å². The Labute approximate surface area is 67.5 Å². The van der Waals surface area contributed by atoms with E-state index in [1.54, 1.807) is 0 Å². The highest BCUT2D eigenvalue weighted by atomic mass is 14.7. The molecule has 0 spiro atoms. The zero-order valence-corrected chi connectivity index (χ0v) is 6.77. The number of aromatic nitrogens is 1. The second-order valence-electron chi connectivity index (χ2n) is 3.23. The Bertz CT molecular complexity index is 217. The minimum Gasteiger partial charge on any atom is -0.215 e. The van der Waals surface area contributed by atoms with Crippen molar-refractivity contribution in [3.05, 3.63) is 29.6 Å². The molecule has 0 atom stereocenters. The third-order valence-corrected chi connectivity index (χ3v) is 2.41. The van der Waals surface area contributed by atoms with Gasteiger partial charge in [0, 0.05) is 18.1 Å². The van der Waals surface area contributed by atoms with Crippen molar-refractivity contribution in [2.75, 3.05) is 0 Å². The van der Waals surface area contributed by atoms with Crippen LogP contribution in [0.2, 0.25) is 0 Å². The zero-order chi connectivity index (χ0) is 7.52. The predicted octanol–water partition coefficient (Wildman–Crippen LogP) is 1.77. The van der Waals surface area contributed by atoms with E-state index in [1.807, 2.05) is 6.20 Å². The highest BCUT2D eigenvalue weighted by Gasteiger charge is 2.11. The molecule has 0 saturated heterocycles. The van der Waals surface area contributed by atoms with E-state index in [2.05, 4.69) is 17.1 Å². The Kier molecular flexibility index (Phi) is 1.89. The molecule has 0 bridgehead atoms. The smallest absolute Gasteiger partial charge is 0.182 e.